The molecule has 15 heavy (non-hydrogen) atoms. The van der Waals surface area contributed by atoms with Gasteiger partial charge in [0.25, 0.3) is 0 Å². The molecule has 0 saturated heterocycles. The van der Waals surface area contributed by atoms with Gasteiger partial charge in [0, 0.05) is 17.8 Å². The molecule has 0 amide bonds. The van der Waals surface area contributed by atoms with E-state index in [0.29, 0.717) is 11.3 Å². The highest BCUT2D eigenvalue weighted by atomic mass is 16.1. The predicted octanol–water partition coefficient (Wildman–Crippen LogP) is 2.18. The van der Waals surface area contributed by atoms with Crippen molar-refractivity contribution in [3.63, 3.8) is 0 Å². The fourth-order valence-corrected chi connectivity index (χ4v) is 2.89. The zero-order chi connectivity index (χ0) is 10.5. The molecule has 0 N–H and O–H groups in total. The predicted molar refractivity (Wildman–Crippen MR) is 55.2 cm³/mol. The van der Waals surface area contributed by atoms with E-state index < -0.39 is 0 Å². The summed E-state index contributed by atoms with van der Waals surface area (Å²) >= 11 is 0. The van der Waals surface area contributed by atoms with Crippen molar-refractivity contribution in [3.05, 3.63) is 35.4 Å². The van der Waals surface area contributed by atoms with Crippen molar-refractivity contribution in [1.29, 1.82) is 5.26 Å². The summed E-state index contributed by atoms with van der Waals surface area (Å²) in [7, 11) is 0. The van der Waals surface area contributed by atoms with Crippen LogP contribution in [0.2, 0.25) is 0 Å². The fourth-order valence-electron chi connectivity index (χ4n) is 2.89. The summed E-state index contributed by atoms with van der Waals surface area (Å²) in [5, 5.41) is 8.84. The maximum absolute atomic E-state index is 11.5. The van der Waals surface area contributed by atoms with Gasteiger partial charge in [0.15, 0.2) is 0 Å². The second-order valence-electron chi connectivity index (χ2n) is 4.57. The second-order valence-corrected chi connectivity index (χ2v) is 4.57. The van der Waals surface area contributed by atoms with Crippen LogP contribution in [-0.2, 0) is 10.2 Å². The average molecular weight is 197 g/mol. The summed E-state index contributed by atoms with van der Waals surface area (Å²) < 4.78 is 0. The molecule has 0 radical (unpaired) electrons. The van der Waals surface area contributed by atoms with E-state index in [1.54, 1.807) is 0 Å². The van der Waals surface area contributed by atoms with Crippen molar-refractivity contribution in [2.75, 3.05) is 0 Å². The lowest BCUT2D eigenvalue weighted by atomic mass is 9.92. The van der Waals surface area contributed by atoms with Crippen molar-refractivity contribution in [2.45, 2.75) is 24.7 Å². The Morgan fingerprint density at radius 1 is 1.47 bits per heavy atom. The second kappa shape index (κ2) is 2.70. The van der Waals surface area contributed by atoms with E-state index in [0.717, 1.165) is 19.3 Å². The molecule has 2 fully saturated rings. The molecule has 74 valence electrons. The zero-order valence-electron chi connectivity index (χ0n) is 8.36. The number of carbonyl (C=O) groups excluding carboxylic acids is 1. The summed E-state index contributed by atoms with van der Waals surface area (Å²) in [5.74, 6) is 0.670. The van der Waals surface area contributed by atoms with Crippen LogP contribution in [0.15, 0.2) is 24.3 Å². The summed E-state index contributed by atoms with van der Waals surface area (Å²) in [6, 6.07) is 9.88. The van der Waals surface area contributed by atoms with Crippen LogP contribution in [0.4, 0.5) is 0 Å². The molecule has 2 nitrogen and oxygen atoms in total. The number of ketones is 1. The number of benzene rings is 1. The van der Waals surface area contributed by atoms with Gasteiger partial charge in [-0.3, -0.25) is 4.79 Å². The smallest absolute Gasteiger partial charge is 0.136 e. The maximum atomic E-state index is 11.5. The molecule has 0 unspecified atom stereocenters. The van der Waals surface area contributed by atoms with Crippen LogP contribution in [0.1, 0.15) is 30.4 Å². The molecule has 3 rings (SSSR count). The van der Waals surface area contributed by atoms with Gasteiger partial charge in [0.05, 0.1) is 11.6 Å². The molecule has 0 aromatic heterocycles. The highest BCUT2D eigenvalue weighted by molar-refractivity contribution is 5.89. The van der Waals surface area contributed by atoms with Crippen LogP contribution in [0.5, 0.6) is 0 Å². The molecule has 2 heteroatoms. The molecular weight excluding hydrogens is 186 g/mol. The van der Waals surface area contributed by atoms with Crippen molar-refractivity contribution >= 4 is 5.78 Å². The van der Waals surface area contributed by atoms with Crippen LogP contribution in [-0.4, -0.2) is 5.78 Å². The van der Waals surface area contributed by atoms with Gasteiger partial charge in [-0.05, 0) is 30.5 Å². The average Bonchev–Trinajstić information content (AvgIpc) is 2.95. The Balaban J connectivity index is 2.02. The number of fused-ring (bicyclic) bond motifs is 1. The van der Waals surface area contributed by atoms with Crippen LogP contribution in [0.3, 0.4) is 0 Å². The monoisotopic (exact) mass is 197 g/mol. The largest absolute Gasteiger partial charge is 0.299 e. The molecule has 2 atom stereocenters. The van der Waals surface area contributed by atoms with E-state index >= 15 is 0 Å². The third kappa shape index (κ3) is 1.07. The van der Waals surface area contributed by atoms with E-state index in [4.69, 9.17) is 5.26 Å². The van der Waals surface area contributed by atoms with E-state index in [-0.39, 0.29) is 11.3 Å². The Hall–Kier alpha value is -1.62. The highest BCUT2D eigenvalue weighted by Crippen LogP contribution is 2.62. The van der Waals surface area contributed by atoms with Gasteiger partial charge in [-0.1, -0.05) is 12.1 Å². The molecule has 1 aromatic carbocycles. The lowest BCUT2D eigenvalue weighted by Crippen LogP contribution is -2.05. The molecule has 0 spiro atoms. The molecule has 2 aliphatic rings. The van der Waals surface area contributed by atoms with E-state index in [1.165, 1.54) is 5.56 Å². The third-order valence-electron chi connectivity index (χ3n) is 3.85. The fraction of sp³-hybridized carbons (Fsp3) is 0.385. The first-order valence-corrected chi connectivity index (χ1v) is 5.30. The minimum absolute atomic E-state index is 0.115. The number of nitriles is 1. The Morgan fingerprint density at radius 2 is 2.33 bits per heavy atom. The van der Waals surface area contributed by atoms with E-state index in [9.17, 15) is 4.79 Å². The van der Waals surface area contributed by atoms with E-state index in [1.807, 2.05) is 18.2 Å². The minimum atomic E-state index is 0.115. The Morgan fingerprint density at radius 3 is 2.93 bits per heavy atom. The standard InChI is InChI=1S/C13H11NO/c14-8-9-2-1-3-10(6-9)13-5-4-12(15)11(13)7-13/h1-3,6,11H,4-5,7H2/t11-,13-/m0/s1. The van der Waals surface area contributed by atoms with Gasteiger partial charge < -0.3 is 0 Å². The number of carbonyl (C=O) groups is 1. The van der Waals surface area contributed by atoms with Gasteiger partial charge in [-0.2, -0.15) is 5.26 Å². The van der Waals surface area contributed by atoms with Crippen LogP contribution in [0, 0.1) is 17.2 Å². The molecule has 2 saturated carbocycles. The SMILES string of the molecule is N#Cc1cccc([C@@]23CCC(=O)[C@@H]2C3)c1. The number of rotatable bonds is 1. The van der Waals surface area contributed by atoms with Gasteiger partial charge in [0.1, 0.15) is 5.78 Å². The lowest BCUT2D eigenvalue weighted by Gasteiger charge is -2.11. The first-order chi connectivity index (χ1) is 7.26. The van der Waals surface area contributed by atoms with Crippen molar-refractivity contribution in [2.24, 2.45) is 5.92 Å². The number of nitrogens with zero attached hydrogens (tertiary/aromatic N) is 1. The van der Waals surface area contributed by atoms with Crippen LogP contribution in [0.25, 0.3) is 0 Å². The lowest BCUT2D eigenvalue weighted by molar-refractivity contribution is -0.119. The van der Waals surface area contributed by atoms with E-state index in [2.05, 4.69) is 12.1 Å². The number of hydrogen-bond donors (Lipinski definition) is 0. The third-order valence-corrected chi connectivity index (χ3v) is 3.85. The first-order valence-electron chi connectivity index (χ1n) is 5.30. The number of Topliss-reactive ketones (excluding diaryl/α,β-unsaturated/α-hetero) is 1. The summed E-state index contributed by atoms with van der Waals surface area (Å²) in [5.41, 5.74) is 2.01. The summed E-state index contributed by atoms with van der Waals surface area (Å²) in [6.07, 6.45) is 2.70. The molecule has 0 heterocycles. The Kier molecular flexibility index (Phi) is 1.56. The van der Waals surface area contributed by atoms with Gasteiger partial charge >= 0.3 is 0 Å². The van der Waals surface area contributed by atoms with Gasteiger partial charge in [-0.25, -0.2) is 0 Å². The quantitative estimate of drug-likeness (QED) is 0.692. The van der Waals surface area contributed by atoms with Crippen LogP contribution < -0.4 is 0 Å². The van der Waals surface area contributed by atoms with Crippen molar-refractivity contribution in [3.8, 4) is 6.07 Å². The van der Waals surface area contributed by atoms with Crippen LogP contribution >= 0.6 is 0 Å². The molecule has 0 aliphatic heterocycles. The Labute approximate surface area is 88.5 Å². The highest BCUT2D eigenvalue weighted by Gasteiger charge is 2.62. The molecule has 1 aromatic rings. The topological polar surface area (TPSA) is 40.9 Å². The maximum Gasteiger partial charge on any atom is 0.136 e. The van der Waals surface area contributed by atoms with Crippen molar-refractivity contribution < 1.29 is 4.79 Å². The van der Waals surface area contributed by atoms with Gasteiger partial charge in [-0.15, -0.1) is 0 Å². The summed E-state index contributed by atoms with van der Waals surface area (Å²) in [4.78, 5) is 11.5. The van der Waals surface area contributed by atoms with Crippen molar-refractivity contribution in [1.82, 2.24) is 0 Å². The van der Waals surface area contributed by atoms with Gasteiger partial charge in [0.2, 0.25) is 0 Å². The minimum Gasteiger partial charge on any atom is -0.299 e. The molecule has 0 bridgehead atoms. The molecule has 2 aliphatic carbocycles. The first kappa shape index (κ1) is 8.67. The Bertz CT molecular complexity index is 486. The summed E-state index contributed by atoms with van der Waals surface area (Å²) in [6.45, 7) is 0. The zero-order valence-corrected chi connectivity index (χ0v) is 8.36. The normalized spacial score (nSPS) is 32.2. The molecular formula is C13H11NO. The number of hydrogen-bond acceptors (Lipinski definition) is 2.